The molecule has 2 aromatic rings. The van der Waals surface area contributed by atoms with E-state index < -0.39 is 5.97 Å². The third kappa shape index (κ3) is 4.69. The van der Waals surface area contributed by atoms with E-state index in [4.69, 9.17) is 14.2 Å². The first-order chi connectivity index (χ1) is 13.5. The molecule has 1 aromatic carbocycles. The van der Waals surface area contributed by atoms with Crippen LogP contribution in [-0.4, -0.2) is 42.7 Å². The van der Waals surface area contributed by atoms with Crippen molar-refractivity contribution in [3.63, 3.8) is 0 Å². The molecule has 1 aromatic heterocycles. The van der Waals surface area contributed by atoms with Gasteiger partial charge >= 0.3 is 5.97 Å². The van der Waals surface area contributed by atoms with Gasteiger partial charge < -0.3 is 18.8 Å². The number of Topliss-reactive ketones (excluding diaryl/α,β-unsaturated/α-hetero) is 1. The molecule has 0 bridgehead atoms. The van der Waals surface area contributed by atoms with E-state index in [1.807, 2.05) is 19.9 Å². The van der Waals surface area contributed by atoms with E-state index in [0.29, 0.717) is 17.7 Å². The van der Waals surface area contributed by atoms with Gasteiger partial charge in [0.15, 0.2) is 6.61 Å². The van der Waals surface area contributed by atoms with Crippen LogP contribution in [0.15, 0.2) is 30.3 Å². The lowest BCUT2D eigenvalue weighted by Crippen LogP contribution is -2.18. The third-order valence-electron chi connectivity index (χ3n) is 5.12. The smallest absolute Gasteiger partial charge is 0.338 e. The molecule has 1 atom stereocenters. The molecule has 1 saturated heterocycles. The molecule has 6 heteroatoms. The number of rotatable bonds is 8. The lowest BCUT2D eigenvalue weighted by molar-refractivity contribution is 0.0474. The lowest BCUT2D eigenvalue weighted by atomic mass is 10.1. The molecule has 1 aliphatic heterocycles. The van der Waals surface area contributed by atoms with Gasteiger partial charge in [-0.05, 0) is 50.5 Å². The fourth-order valence-electron chi connectivity index (χ4n) is 3.55. The molecule has 0 amide bonds. The molecule has 0 unspecified atom stereocenters. The SMILES string of the molecule is COCc1ccc(C(=O)OCC(=O)c2cc(C)n(C[C@@H]3CCCO3)c2C)cc1. The normalized spacial score (nSPS) is 16.3. The first-order valence-corrected chi connectivity index (χ1v) is 9.56. The monoisotopic (exact) mass is 385 g/mol. The summed E-state index contributed by atoms with van der Waals surface area (Å²) in [6.07, 6.45) is 2.32. The average molecular weight is 385 g/mol. The number of hydrogen-bond acceptors (Lipinski definition) is 5. The molecule has 1 aliphatic rings. The average Bonchev–Trinajstić information content (AvgIpc) is 3.30. The Bertz CT molecular complexity index is 831. The Balaban J connectivity index is 1.60. The Kier molecular flexibility index (Phi) is 6.65. The van der Waals surface area contributed by atoms with Gasteiger partial charge in [0.2, 0.25) is 5.78 Å². The van der Waals surface area contributed by atoms with Gasteiger partial charge in [-0.25, -0.2) is 4.79 Å². The number of ether oxygens (including phenoxy) is 3. The predicted octanol–water partition coefficient (Wildman–Crippen LogP) is 3.47. The van der Waals surface area contributed by atoms with Crippen molar-refractivity contribution in [2.75, 3.05) is 20.3 Å². The second kappa shape index (κ2) is 9.17. The number of carbonyl (C=O) groups is 2. The summed E-state index contributed by atoms with van der Waals surface area (Å²) >= 11 is 0. The van der Waals surface area contributed by atoms with Gasteiger partial charge in [0, 0.05) is 37.2 Å². The largest absolute Gasteiger partial charge is 0.454 e. The summed E-state index contributed by atoms with van der Waals surface area (Å²) in [5.41, 5.74) is 3.87. The number of hydrogen-bond donors (Lipinski definition) is 0. The topological polar surface area (TPSA) is 66.8 Å². The van der Waals surface area contributed by atoms with Crippen molar-refractivity contribution in [1.82, 2.24) is 4.57 Å². The molecular formula is C22H27NO5. The summed E-state index contributed by atoms with van der Waals surface area (Å²) in [5, 5.41) is 0. The minimum Gasteiger partial charge on any atom is -0.454 e. The molecule has 0 radical (unpaired) electrons. The van der Waals surface area contributed by atoms with Gasteiger partial charge in [0.05, 0.1) is 18.3 Å². The molecule has 0 N–H and O–H groups in total. The van der Waals surface area contributed by atoms with Crippen molar-refractivity contribution in [2.24, 2.45) is 0 Å². The van der Waals surface area contributed by atoms with Gasteiger partial charge in [-0.3, -0.25) is 4.79 Å². The summed E-state index contributed by atoms with van der Waals surface area (Å²) in [5.74, 6) is -0.707. The summed E-state index contributed by atoms with van der Waals surface area (Å²) in [4.78, 5) is 24.8. The van der Waals surface area contributed by atoms with Crippen LogP contribution in [0.5, 0.6) is 0 Å². The second-order valence-corrected chi connectivity index (χ2v) is 7.16. The lowest BCUT2D eigenvalue weighted by Gasteiger charge is -2.14. The van der Waals surface area contributed by atoms with E-state index in [-0.39, 0.29) is 18.5 Å². The van der Waals surface area contributed by atoms with E-state index >= 15 is 0 Å². The van der Waals surface area contributed by atoms with Crippen molar-refractivity contribution in [2.45, 2.75) is 45.9 Å². The Morgan fingerprint density at radius 2 is 1.96 bits per heavy atom. The molecule has 0 aliphatic carbocycles. The predicted molar refractivity (Wildman–Crippen MR) is 105 cm³/mol. The minimum absolute atomic E-state index is 0.198. The van der Waals surface area contributed by atoms with Gasteiger partial charge in [-0.2, -0.15) is 0 Å². The minimum atomic E-state index is -0.509. The van der Waals surface area contributed by atoms with E-state index in [1.165, 1.54) is 0 Å². The van der Waals surface area contributed by atoms with Crippen molar-refractivity contribution >= 4 is 11.8 Å². The Morgan fingerprint density at radius 3 is 2.61 bits per heavy atom. The Hall–Kier alpha value is -2.44. The van der Waals surface area contributed by atoms with E-state index in [9.17, 15) is 9.59 Å². The first-order valence-electron chi connectivity index (χ1n) is 9.56. The molecule has 0 spiro atoms. The highest BCUT2D eigenvalue weighted by Crippen LogP contribution is 2.21. The van der Waals surface area contributed by atoms with Crippen LogP contribution in [0.25, 0.3) is 0 Å². The van der Waals surface area contributed by atoms with Crippen molar-refractivity contribution in [1.29, 1.82) is 0 Å². The van der Waals surface area contributed by atoms with Crippen LogP contribution in [0.4, 0.5) is 0 Å². The van der Waals surface area contributed by atoms with Crippen molar-refractivity contribution < 1.29 is 23.8 Å². The fraction of sp³-hybridized carbons (Fsp3) is 0.455. The quantitative estimate of drug-likeness (QED) is 0.514. The van der Waals surface area contributed by atoms with E-state index in [0.717, 1.165) is 42.9 Å². The number of benzene rings is 1. The molecule has 28 heavy (non-hydrogen) atoms. The zero-order chi connectivity index (χ0) is 20.1. The second-order valence-electron chi connectivity index (χ2n) is 7.16. The standard InChI is InChI=1S/C22H27NO5/c1-15-11-20(16(2)23(15)12-19-5-4-10-27-19)21(24)14-28-22(25)18-8-6-17(7-9-18)13-26-3/h6-9,11,19H,4-5,10,12-14H2,1-3H3/t19-/m0/s1. The van der Waals surface area contributed by atoms with Crippen LogP contribution in [0.3, 0.4) is 0 Å². The maximum absolute atomic E-state index is 12.6. The molecule has 150 valence electrons. The number of aryl methyl sites for hydroxylation is 1. The zero-order valence-electron chi connectivity index (χ0n) is 16.7. The fourth-order valence-corrected chi connectivity index (χ4v) is 3.55. The molecule has 2 heterocycles. The number of ketones is 1. The van der Waals surface area contributed by atoms with Gasteiger partial charge in [-0.15, -0.1) is 0 Å². The van der Waals surface area contributed by atoms with Crippen LogP contribution >= 0.6 is 0 Å². The van der Waals surface area contributed by atoms with Gasteiger partial charge in [0.1, 0.15) is 0 Å². The zero-order valence-corrected chi connectivity index (χ0v) is 16.7. The highest BCUT2D eigenvalue weighted by atomic mass is 16.5. The molecule has 6 nitrogen and oxygen atoms in total. The Labute approximate surface area is 165 Å². The maximum atomic E-state index is 12.6. The Morgan fingerprint density at radius 1 is 1.21 bits per heavy atom. The summed E-state index contributed by atoms with van der Waals surface area (Å²) in [6.45, 7) is 5.66. The molecule has 1 fully saturated rings. The van der Waals surface area contributed by atoms with Gasteiger partial charge in [-0.1, -0.05) is 12.1 Å². The highest BCUT2D eigenvalue weighted by molar-refractivity contribution is 6.00. The van der Waals surface area contributed by atoms with Crippen LogP contribution in [0.2, 0.25) is 0 Å². The van der Waals surface area contributed by atoms with Crippen LogP contribution < -0.4 is 0 Å². The first kappa shape index (κ1) is 20.3. The maximum Gasteiger partial charge on any atom is 0.338 e. The number of methoxy groups -OCH3 is 1. The number of esters is 1. The van der Waals surface area contributed by atoms with Gasteiger partial charge in [0.25, 0.3) is 0 Å². The van der Waals surface area contributed by atoms with Crippen LogP contribution in [0.1, 0.15) is 50.5 Å². The number of nitrogens with zero attached hydrogens (tertiary/aromatic N) is 1. The molecule has 3 rings (SSSR count). The number of carbonyl (C=O) groups excluding carboxylic acids is 2. The summed E-state index contributed by atoms with van der Waals surface area (Å²) in [6, 6.07) is 8.82. The van der Waals surface area contributed by atoms with E-state index in [2.05, 4.69) is 4.57 Å². The van der Waals surface area contributed by atoms with E-state index in [1.54, 1.807) is 31.4 Å². The van der Waals surface area contributed by atoms with Crippen LogP contribution in [-0.2, 0) is 27.4 Å². The molecular weight excluding hydrogens is 358 g/mol. The summed E-state index contributed by atoms with van der Waals surface area (Å²) in [7, 11) is 1.62. The summed E-state index contributed by atoms with van der Waals surface area (Å²) < 4.78 is 18.1. The third-order valence-corrected chi connectivity index (χ3v) is 5.12. The van der Waals surface area contributed by atoms with Crippen molar-refractivity contribution in [3.05, 3.63) is 58.4 Å². The number of aromatic nitrogens is 1. The molecule has 0 saturated carbocycles. The highest BCUT2D eigenvalue weighted by Gasteiger charge is 2.21. The van der Waals surface area contributed by atoms with Crippen molar-refractivity contribution in [3.8, 4) is 0 Å². The van der Waals surface area contributed by atoms with Crippen LogP contribution in [0, 0.1) is 13.8 Å².